The van der Waals surface area contributed by atoms with Crippen molar-refractivity contribution in [2.45, 2.75) is 39.7 Å². The molecule has 0 spiro atoms. The maximum absolute atomic E-state index is 5.72. The van der Waals surface area contributed by atoms with Gasteiger partial charge in [0, 0.05) is 0 Å². The van der Waals surface area contributed by atoms with Crippen LogP contribution < -0.4 is 10.5 Å². The van der Waals surface area contributed by atoms with Gasteiger partial charge in [0.15, 0.2) is 0 Å². The highest BCUT2D eigenvalue weighted by molar-refractivity contribution is 5.44. The van der Waals surface area contributed by atoms with Crippen LogP contribution >= 0.6 is 0 Å². The second-order valence-electron chi connectivity index (χ2n) is 3.23. The van der Waals surface area contributed by atoms with E-state index in [1.54, 1.807) is 0 Å². The summed E-state index contributed by atoms with van der Waals surface area (Å²) in [7, 11) is 0. The van der Waals surface area contributed by atoms with E-state index in [-0.39, 0.29) is 6.10 Å². The van der Waals surface area contributed by atoms with Crippen LogP contribution in [-0.4, -0.2) is 16.1 Å². The maximum Gasteiger partial charge on any atom is 0.222 e. The number of hydrogen-bond donors (Lipinski definition) is 1. The number of anilines is 1. The second kappa shape index (κ2) is 4.79. The molecule has 0 bridgehead atoms. The van der Waals surface area contributed by atoms with Crippen LogP contribution in [0.4, 0.5) is 5.82 Å². The molecule has 0 aliphatic carbocycles. The molecule has 0 saturated carbocycles. The first-order valence-electron chi connectivity index (χ1n) is 4.95. The summed E-state index contributed by atoms with van der Waals surface area (Å²) in [6.45, 7) is 6.09. The highest BCUT2D eigenvalue weighted by atomic mass is 16.5. The van der Waals surface area contributed by atoms with Crippen molar-refractivity contribution in [2.75, 3.05) is 5.73 Å². The highest BCUT2D eigenvalue weighted by Crippen LogP contribution is 2.21. The minimum absolute atomic E-state index is 0.162. The van der Waals surface area contributed by atoms with Crippen LogP contribution in [0.15, 0.2) is 6.33 Å². The van der Waals surface area contributed by atoms with Gasteiger partial charge in [0.25, 0.3) is 0 Å². The minimum Gasteiger partial charge on any atom is -0.474 e. The highest BCUT2D eigenvalue weighted by Gasteiger charge is 2.10. The molecule has 0 radical (unpaired) electrons. The first kappa shape index (κ1) is 10.8. The molecule has 1 aromatic rings. The van der Waals surface area contributed by atoms with E-state index >= 15 is 0 Å². The van der Waals surface area contributed by atoms with Gasteiger partial charge in [-0.05, 0) is 19.8 Å². The molecule has 14 heavy (non-hydrogen) atoms. The normalized spacial score (nSPS) is 12.5. The Hall–Kier alpha value is -1.32. The minimum atomic E-state index is 0.162. The van der Waals surface area contributed by atoms with Crippen molar-refractivity contribution in [3.05, 3.63) is 11.9 Å². The lowest BCUT2D eigenvalue weighted by Gasteiger charge is -2.14. The van der Waals surface area contributed by atoms with Crippen molar-refractivity contribution in [1.29, 1.82) is 0 Å². The molecule has 1 aromatic heterocycles. The fraction of sp³-hybridized carbons (Fsp3) is 0.600. The number of ether oxygens (including phenoxy) is 1. The molecule has 0 saturated heterocycles. The standard InChI is InChI=1S/C10H17N3O/c1-4-7(3)14-10-8(5-2)9(11)12-6-13-10/h6-7H,4-5H2,1-3H3,(H2,11,12,13). The van der Waals surface area contributed by atoms with E-state index in [4.69, 9.17) is 10.5 Å². The Bertz CT molecular complexity index is 301. The molecule has 1 atom stereocenters. The van der Waals surface area contributed by atoms with Gasteiger partial charge in [-0.2, -0.15) is 0 Å². The van der Waals surface area contributed by atoms with Gasteiger partial charge in [0.2, 0.25) is 5.88 Å². The van der Waals surface area contributed by atoms with Crippen molar-refractivity contribution in [1.82, 2.24) is 9.97 Å². The van der Waals surface area contributed by atoms with Crippen molar-refractivity contribution in [3.8, 4) is 5.88 Å². The summed E-state index contributed by atoms with van der Waals surface area (Å²) in [5.41, 5.74) is 6.61. The Morgan fingerprint density at radius 2 is 2.14 bits per heavy atom. The first-order chi connectivity index (χ1) is 6.69. The largest absolute Gasteiger partial charge is 0.474 e. The lowest BCUT2D eigenvalue weighted by molar-refractivity contribution is 0.206. The molecule has 0 fully saturated rings. The molecule has 0 aliphatic heterocycles. The zero-order valence-electron chi connectivity index (χ0n) is 8.95. The van der Waals surface area contributed by atoms with E-state index in [1.807, 2.05) is 13.8 Å². The Morgan fingerprint density at radius 3 is 2.71 bits per heavy atom. The van der Waals surface area contributed by atoms with Crippen LogP contribution in [0.25, 0.3) is 0 Å². The van der Waals surface area contributed by atoms with Crippen LogP contribution in [0.1, 0.15) is 32.8 Å². The number of nitrogens with two attached hydrogens (primary N) is 1. The van der Waals surface area contributed by atoms with Crippen LogP contribution in [0, 0.1) is 0 Å². The van der Waals surface area contributed by atoms with Crippen LogP contribution in [0.5, 0.6) is 5.88 Å². The number of nitrogens with zero attached hydrogens (tertiary/aromatic N) is 2. The smallest absolute Gasteiger partial charge is 0.222 e. The van der Waals surface area contributed by atoms with Crippen molar-refractivity contribution < 1.29 is 4.74 Å². The molecular weight excluding hydrogens is 178 g/mol. The van der Waals surface area contributed by atoms with Gasteiger partial charge in [0.05, 0.1) is 11.7 Å². The Morgan fingerprint density at radius 1 is 1.43 bits per heavy atom. The fourth-order valence-electron chi connectivity index (χ4n) is 1.12. The van der Waals surface area contributed by atoms with Crippen LogP contribution in [0.2, 0.25) is 0 Å². The molecular formula is C10H17N3O. The number of hydrogen-bond acceptors (Lipinski definition) is 4. The molecule has 4 nitrogen and oxygen atoms in total. The molecule has 0 aliphatic rings. The molecule has 4 heteroatoms. The predicted molar refractivity (Wildman–Crippen MR) is 56.2 cm³/mol. The lowest BCUT2D eigenvalue weighted by atomic mass is 10.2. The molecule has 78 valence electrons. The van der Waals surface area contributed by atoms with Crippen LogP contribution in [0.3, 0.4) is 0 Å². The summed E-state index contributed by atoms with van der Waals surface area (Å²) in [4.78, 5) is 8.02. The third-order valence-corrected chi connectivity index (χ3v) is 2.18. The second-order valence-corrected chi connectivity index (χ2v) is 3.23. The van der Waals surface area contributed by atoms with Gasteiger partial charge >= 0.3 is 0 Å². The zero-order chi connectivity index (χ0) is 10.6. The van der Waals surface area contributed by atoms with E-state index in [1.165, 1.54) is 6.33 Å². The molecule has 1 unspecified atom stereocenters. The van der Waals surface area contributed by atoms with E-state index < -0.39 is 0 Å². The summed E-state index contributed by atoms with van der Waals surface area (Å²) in [6.07, 6.45) is 3.34. The Balaban J connectivity index is 2.90. The van der Waals surface area contributed by atoms with E-state index in [0.717, 1.165) is 18.4 Å². The van der Waals surface area contributed by atoms with Crippen LogP contribution in [-0.2, 0) is 6.42 Å². The van der Waals surface area contributed by atoms with Crippen molar-refractivity contribution in [3.63, 3.8) is 0 Å². The molecule has 2 N–H and O–H groups in total. The molecule has 1 rings (SSSR count). The van der Waals surface area contributed by atoms with Crippen molar-refractivity contribution in [2.24, 2.45) is 0 Å². The first-order valence-corrected chi connectivity index (χ1v) is 4.95. The van der Waals surface area contributed by atoms with Gasteiger partial charge in [-0.1, -0.05) is 13.8 Å². The average Bonchev–Trinajstić information content (AvgIpc) is 2.18. The SMILES string of the molecule is CCc1c(N)ncnc1OC(C)CC. The lowest BCUT2D eigenvalue weighted by Crippen LogP contribution is -2.13. The van der Waals surface area contributed by atoms with Gasteiger partial charge in [0.1, 0.15) is 12.1 Å². The van der Waals surface area contributed by atoms with Gasteiger partial charge in [-0.25, -0.2) is 9.97 Å². The zero-order valence-corrected chi connectivity index (χ0v) is 8.95. The molecule has 1 heterocycles. The van der Waals surface area contributed by atoms with E-state index in [0.29, 0.717) is 11.7 Å². The van der Waals surface area contributed by atoms with E-state index in [2.05, 4.69) is 16.9 Å². The summed E-state index contributed by atoms with van der Waals surface area (Å²) in [6, 6.07) is 0. The third-order valence-electron chi connectivity index (χ3n) is 2.18. The Kier molecular flexibility index (Phi) is 3.68. The topological polar surface area (TPSA) is 61.0 Å². The van der Waals surface area contributed by atoms with Gasteiger partial charge < -0.3 is 10.5 Å². The van der Waals surface area contributed by atoms with Crippen molar-refractivity contribution >= 4 is 5.82 Å². The van der Waals surface area contributed by atoms with Gasteiger partial charge in [-0.3, -0.25) is 0 Å². The van der Waals surface area contributed by atoms with E-state index in [9.17, 15) is 0 Å². The fourth-order valence-corrected chi connectivity index (χ4v) is 1.12. The Labute approximate surface area is 84.5 Å². The number of aromatic nitrogens is 2. The maximum atomic E-state index is 5.72. The summed E-state index contributed by atoms with van der Waals surface area (Å²) in [5.74, 6) is 1.13. The average molecular weight is 195 g/mol. The monoisotopic (exact) mass is 195 g/mol. The molecule has 0 amide bonds. The number of nitrogen functional groups attached to an aromatic ring is 1. The van der Waals surface area contributed by atoms with Gasteiger partial charge in [-0.15, -0.1) is 0 Å². The number of rotatable bonds is 4. The summed E-state index contributed by atoms with van der Waals surface area (Å²) in [5, 5.41) is 0. The quantitative estimate of drug-likeness (QED) is 0.795. The third kappa shape index (κ3) is 2.34. The predicted octanol–water partition coefficient (Wildman–Crippen LogP) is 1.80. The summed E-state index contributed by atoms with van der Waals surface area (Å²) >= 11 is 0. The molecule has 0 aromatic carbocycles. The summed E-state index contributed by atoms with van der Waals surface area (Å²) < 4.78 is 5.64.